The van der Waals surface area contributed by atoms with Crippen LogP contribution in [0.3, 0.4) is 0 Å². The van der Waals surface area contributed by atoms with Crippen LogP contribution in [-0.4, -0.2) is 57.3 Å². The lowest BCUT2D eigenvalue weighted by Crippen LogP contribution is -2.44. The van der Waals surface area contributed by atoms with Crippen molar-refractivity contribution in [2.75, 3.05) is 19.6 Å². The first kappa shape index (κ1) is 20.4. The number of nitrogens with one attached hydrogen (secondary N) is 1. The summed E-state index contributed by atoms with van der Waals surface area (Å²) in [5.41, 5.74) is -0.238. The quantitative estimate of drug-likeness (QED) is 0.783. The SMILES string of the molecule is O=C(CN1CCC2(CCC1=O)CC(=O)c1cc(Cl)ccc1O2)NCCn1ccnc1. The van der Waals surface area contributed by atoms with Crippen molar-refractivity contribution in [3.05, 3.63) is 47.5 Å². The lowest BCUT2D eigenvalue weighted by molar-refractivity contribution is -0.135. The van der Waals surface area contributed by atoms with E-state index >= 15 is 0 Å². The van der Waals surface area contributed by atoms with Gasteiger partial charge in [0.1, 0.15) is 11.4 Å². The second-order valence-electron chi connectivity index (χ2n) is 7.74. The number of ketones is 1. The molecule has 1 aromatic carbocycles. The van der Waals surface area contributed by atoms with E-state index in [1.54, 1.807) is 35.6 Å². The number of amides is 2. The summed E-state index contributed by atoms with van der Waals surface area (Å²) in [7, 11) is 0. The first-order valence-corrected chi connectivity index (χ1v) is 10.3. The third kappa shape index (κ3) is 4.48. The monoisotopic (exact) mass is 430 g/mol. The highest BCUT2D eigenvalue weighted by Gasteiger charge is 2.43. The zero-order chi connectivity index (χ0) is 21.1. The van der Waals surface area contributed by atoms with E-state index in [-0.39, 0.29) is 37.0 Å². The maximum Gasteiger partial charge on any atom is 0.239 e. The molecule has 1 aromatic heterocycles. The Morgan fingerprint density at radius 2 is 2.17 bits per heavy atom. The molecule has 2 amide bonds. The highest BCUT2D eigenvalue weighted by molar-refractivity contribution is 6.31. The molecule has 2 aromatic rings. The standard InChI is InChI=1S/C21H23ClN4O4/c22-15-1-2-18-16(11-15)17(27)12-21(30-18)4-3-20(29)26(8-5-21)13-19(28)24-7-10-25-9-6-23-14-25/h1-2,6,9,11,14H,3-5,7-8,10,12-13H2,(H,24,28). The highest BCUT2D eigenvalue weighted by Crippen LogP contribution is 2.40. The molecule has 0 radical (unpaired) electrons. The lowest BCUT2D eigenvalue weighted by Gasteiger charge is -2.37. The van der Waals surface area contributed by atoms with Crippen LogP contribution in [-0.2, 0) is 16.1 Å². The first-order chi connectivity index (χ1) is 14.4. The average molecular weight is 431 g/mol. The number of carbonyl (C=O) groups is 3. The van der Waals surface area contributed by atoms with Crippen molar-refractivity contribution < 1.29 is 19.1 Å². The zero-order valence-corrected chi connectivity index (χ0v) is 17.2. The predicted molar refractivity (Wildman–Crippen MR) is 109 cm³/mol. The molecule has 1 N–H and O–H groups in total. The van der Waals surface area contributed by atoms with Crippen molar-refractivity contribution in [2.45, 2.75) is 37.8 Å². The molecule has 8 nitrogen and oxygen atoms in total. The fourth-order valence-electron chi connectivity index (χ4n) is 3.97. The summed E-state index contributed by atoms with van der Waals surface area (Å²) < 4.78 is 8.07. The Kier molecular flexibility index (Phi) is 5.76. The van der Waals surface area contributed by atoms with Crippen LogP contribution in [0.25, 0.3) is 0 Å². The van der Waals surface area contributed by atoms with Gasteiger partial charge in [-0.3, -0.25) is 14.4 Å². The molecule has 0 bridgehead atoms. The number of fused-ring (bicyclic) bond motifs is 1. The van der Waals surface area contributed by atoms with Gasteiger partial charge in [0.2, 0.25) is 11.8 Å². The van der Waals surface area contributed by atoms with E-state index in [1.165, 1.54) is 0 Å². The van der Waals surface area contributed by atoms with Crippen molar-refractivity contribution in [1.29, 1.82) is 0 Å². The molecule has 3 heterocycles. The van der Waals surface area contributed by atoms with Gasteiger partial charge in [-0.05, 0) is 24.6 Å². The van der Waals surface area contributed by atoms with Gasteiger partial charge in [0.25, 0.3) is 0 Å². The summed E-state index contributed by atoms with van der Waals surface area (Å²) >= 11 is 6.00. The van der Waals surface area contributed by atoms with Gasteiger partial charge < -0.3 is 19.5 Å². The summed E-state index contributed by atoms with van der Waals surface area (Å²) in [5.74, 6) is 0.167. The fraction of sp³-hybridized carbons (Fsp3) is 0.429. The van der Waals surface area contributed by atoms with E-state index in [4.69, 9.17) is 16.3 Å². The lowest BCUT2D eigenvalue weighted by atomic mass is 9.84. The molecular formula is C21H23ClN4O4. The highest BCUT2D eigenvalue weighted by atomic mass is 35.5. The maximum atomic E-state index is 12.7. The van der Waals surface area contributed by atoms with E-state index in [0.29, 0.717) is 48.8 Å². The van der Waals surface area contributed by atoms with E-state index in [9.17, 15) is 14.4 Å². The largest absolute Gasteiger partial charge is 0.486 e. The third-order valence-corrected chi connectivity index (χ3v) is 5.86. The summed E-state index contributed by atoms with van der Waals surface area (Å²) in [6, 6.07) is 5.01. The summed E-state index contributed by atoms with van der Waals surface area (Å²) in [4.78, 5) is 43.0. The molecule has 1 spiro atoms. The van der Waals surface area contributed by atoms with E-state index in [2.05, 4.69) is 10.3 Å². The van der Waals surface area contributed by atoms with Gasteiger partial charge in [0.15, 0.2) is 5.78 Å². The number of aromatic nitrogens is 2. The van der Waals surface area contributed by atoms with Crippen LogP contribution < -0.4 is 10.1 Å². The number of imidazole rings is 1. The molecule has 4 rings (SSSR count). The fourth-order valence-corrected chi connectivity index (χ4v) is 4.14. The Morgan fingerprint density at radius 1 is 1.30 bits per heavy atom. The number of nitrogens with zero attached hydrogens (tertiary/aromatic N) is 3. The Labute approximate surface area is 179 Å². The Morgan fingerprint density at radius 3 is 2.97 bits per heavy atom. The van der Waals surface area contributed by atoms with Crippen LogP contribution in [0.4, 0.5) is 0 Å². The Hall–Kier alpha value is -2.87. The van der Waals surface area contributed by atoms with Gasteiger partial charge in [0, 0.05) is 49.9 Å². The maximum absolute atomic E-state index is 12.7. The summed E-state index contributed by atoms with van der Waals surface area (Å²) in [5, 5.41) is 3.32. The van der Waals surface area contributed by atoms with Crippen LogP contribution in [0.5, 0.6) is 5.75 Å². The Balaban J connectivity index is 1.35. The third-order valence-electron chi connectivity index (χ3n) is 5.62. The van der Waals surface area contributed by atoms with E-state index in [1.807, 2.05) is 10.8 Å². The second-order valence-corrected chi connectivity index (χ2v) is 8.18. The van der Waals surface area contributed by atoms with E-state index in [0.717, 1.165) is 0 Å². The van der Waals surface area contributed by atoms with Crippen LogP contribution >= 0.6 is 11.6 Å². The molecule has 1 fully saturated rings. The van der Waals surface area contributed by atoms with Gasteiger partial charge >= 0.3 is 0 Å². The molecule has 0 saturated carbocycles. The minimum atomic E-state index is -0.722. The zero-order valence-electron chi connectivity index (χ0n) is 16.5. The van der Waals surface area contributed by atoms with Gasteiger partial charge in [-0.25, -0.2) is 4.98 Å². The summed E-state index contributed by atoms with van der Waals surface area (Å²) in [6.45, 7) is 1.43. The first-order valence-electron chi connectivity index (χ1n) is 9.96. The van der Waals surface area contributed by atoms with Crippen molar-refractivity contribution in [3.63, 3.8) is 0 Å². The van der Waals surface area contributed by atoms with Crippen LogP contribution in [0.15, 0.2) is 36.9 Å². The molecule has 1 saturated heterocycles. The van der Waals surface area contributed by atoms with Crippen molar-refractivity contribution in [1.82, 2.24) is 19.8 Å². The molecule has 2 aliphatic heterocycles. The molecule has 158 valence electrons. The average Bonchev–Trinajstić information content (AvgIpc) is 3.19. The van der Waals surface area contributed by atoms with Gasteiger partial charge in [-0.1, -0.05) is 11.6 Å². The minimum Gasteiger partial charge on any atom is -0.486 e. The van der Waals surface area contributed by atoms with Crippen LogP contribution in [0, 0.1) is 0 Å². The van der Waals surface area contributed by atoms with Crippen LogP contribution in [0.1, 0.15) is 36.0 Å². The molecular weight excluding hydrogens is 408 g/mol. The number of hydrogen-bond donors (Lipinski definition) is 1. The number of rotatable bonds is 5. The number of likely N-dealkylation sites (tertiary alicyclic amines) is 1. The molecule has 1 atom stereocenters. The van der Waals surface area contributed by atoms with Gasteiger partial charge in [-0.15, -0.1) is 0 Å². The minimum absolute atomic E-state index is 0.00101. The molecule has 1 unspecified atom stereocenters. The molecule has 30 heavy (non-hydrogen) atoms. The summed E-state index contributed by atoms with van der Waals surface area (Å²) in [6.07, 6.45) is 6.56. The normalized spacial score (nSPS) is 21.2. The number of carbonyl (C=O) groups excluding carboxylic acids is 3. The van der Waals surface area contributed by atoms with E-state index < -0.39 is 5.60 Å². The van der Waals surface area contributed by atoms with Gasteiger partial charge in [0.05, 0.1) is 24.9 Å². The number of Topliss-reactive ketones (excluding diaryl/α,β-unsaturated/α-hetero) is 1. The van der Waals surface area contributed by atoms with Crippen LogP contribution in [0.2, 0.25) is 5.02 Å². The smallest absolute Gasteiger partial charge is 0.239 e. The Bertz CT molecular complexity index is 962. The van der Waals surface area contributed by atoms with Crippen molar-refractivity contribution >= 4 is 29.2 Å². The second kappa shape index (κ2) is 8.47. The topological polar surface area (TPSA) is 93.5 Å². The number of halogens is 1. The number of hydrogen-bond acceptors (Lipinski definition) is 5. The van der Waals surface area contributed by atoms with Crippen molar-refractivity contribution in [2.24, 2.45) is 0 Å². The number of benzene rings is 1. The molecule has 2 aliphatic rings. The molecule has 0 aliphatic carbocycles. The molecule has 9 heteroatoms. The van der Waals surface area contributed by atoms with Gasteiger partial charge in [-0.2, -0.15) is 0 Å². The van der Waals surface area contributed by atoms with Crippen molar-refractivity contribution in [3.8, 4) is 5.75 Å². The predicted octanol–water partition coefficient (Wildman–Crippen LogP) is 2.07. The number of ether oxygens (including phenoxy) is 1.